The predicted molar refractivity (Wildman–Crippen MR) is 82.2 cm³/mol. The standard InChI is InChI=1S/C14H20Cl2N2O/c15-12-8-10(17)9-13(16)14(12)18-6-7-19-11-4-2-1-3-5-11/h8-9,11,18H,1-7,17H2. The van der Waals surface area contributed by atoms with Gasteiger partial charge in [0, 0.05) is 12.2 Å². The third kappa shape index (κ3) is 4.44. The molecule has 1 aromatic carbocycles. The van der Waals surface area contributed by atoms with Gasteiger partial charge in [-0.1, -0.05) is 42.5 Å². The van der Waals surface area contributed by atoms with Gasteiger partial charge in [0.15, 0.2) is 0 Å². The lowest BCUT2D eigenvalue weighted by atomic mass is 9.98. The molecule has 0 radical (unpaired) electrons. The number of nitrogen functional groups attached to an aromatic ring is 1. The molecule has 0 amide bonds. The fraction of sp³-hybridized carbons (Fsp3) is 0.571. The summed E-state index contributed by atoms with van der Waals surface area (Å²) >= 11 is 12.2. The van der Waals surface area contributed by atoms with Gasteiger partial charge in [0.25, 0.3) is 0 Å². The summed E-state index contributed by atoms with van der Waals surface area (Å²) < 4.78 is 5.83. The Hall–Kier alpha value is -0.640. The van der Waals surface area contributed by atoms with E-state index in [-0.39, 0.29) is 0 Å². The lowest BCUT2D eigenvalue weighted by Crippen LogP contribution is -2.20. The molecule has 19 heavy (non-hydrogen) atoms. The first-order valence-electron chi connectivity index (χ1n) is 6.77. The summed E-state index contributed by atoms with van der Waals surface area (Å²) in [4.78, 5) is 0. The van der Waals surface area contributed by atoms with Crippen molar-refractivity contribution < 1.29 is 4.74 Å². The molecule has 0 atom stereocenters. The molecule has 5 heteroatoms. The summed E-state index contributed by atoms with van der Waals surface area (Å²) in [5.41, 5.74) is 6.95. The van der Waals surface area contributed by atoms with E-state index < -0.39 is 0 Å². The minimum absolute atomic E-state index is 0.424. The quantitative estimate of drug-likeness (QED) is 0.628. The number of halogens is 2. The van der Waals surface area contributed by atoms with Crippen LogP contribution in [0.15, 0.2) is 12.1 Å². The second-order valence-corrected chi connectivity index (χ2v) is 5.73. The minimum atomic E-state index is 0.424. The number of nitrogens with one attached hydrogen (secondary N) is 1. The van der Waals surface area contributed by atoms with Gasteiger partial charge in [0.05, 0.1) is 28.4 Å². The zero-order chi connectivity index (χ0) is 13.7. The summed E-state index contributed by atoms with van der Waals surface area (Å²) in [6.07, 6.45) is 6.70. The smallest absolute Gasteiger partial charge is 0.0721 e. The van der Waals surface area contributed by atoms with Gasteiger partial charge in [-0.05, 0) is 25.0 Å². The molecular formula is C14H20Cl2N2O. The van der Waals surface area contributed by atoms with Crippen molar-refractivity contribution in [1.82, 2.24) is 0 Å². The van der Waals surface area contributed by atoms with Crippen molar-refractivity contribution in [3.8, 4) is 0 Å². The van der Waals surface area contributed by atoms with E-state index in [9.17, 15) is 0 Å². The third-order valence-electron chi connectivity index (χ3n) is 3.37. The number of hydrogen-bond acceptors (Lipinski definition) is 3. The van der Waals surface area contributed by atoms with E-state index in [0.29, 0.717) is 35.0 Å². The molecule has 106 valence electrons. The highest BCUT2D eigenvalue weighted by atomic mass is 35.5. The molecule has 0 unspecified atom stereocenters. The second kappa shape index (κ2) is 7.22. The fourth-order valence-corrected chi connectivity index (χ4v) is 3.03. The molecule has 1 fully saturated rings. The first-order chi connectivity index (χ1) is 9.16. The number of rotatable bonds is 5. The van der Waals surface area contributed by atoms with Crippen molar-refractivity contribution >= 4 is 34.6 Å². The lowest BCUT2D eigenvalue weighted by molar-refractivity contribution is 0.0347. The van der Waals surface area contributed by atoms with Crippen LogP contribution in [0.5, 0.6) is 0 Å². The van der Waals surface area contributed by atoms with E-state index in [1.165, 1.54) is 32.1 Å². The monoisotopic (exact) mass is 302 g/mol. The van der Waals surface area contributed by atoms with Crippen LogP contribution in [-0.4, -0.2) is 19.3 Å². The van der Waals surface area contributed by atoms with Crippen LogP contribution in [0.4, 0.5) is 11.4 Å². The van der Waals surface area contributed by atoms with Gasteiger partial charge >= 0.3 is 0 Å². The summed E-state index contributed by atoms with van der Waals surface area (Å²) in [6.45, 7) is 1.36. The lowest BCUT2D eigenvalue weighted by Gasteiger charge is -2.22. The van der Waals surface area contributed by atoms with Gasteiger partial charge in [-0.2, -0.15) is 0 Å². The van der Waals surface area contributed by atoms with E-state index in [2.05, 4.69) is 5.32 Å². The third-order valence-corrected chi connectivity index (χ3v) is 3.97. The molecule has 3 N–H and O–H groups in total. The maximum Gasteiger partial charge on any atom is 0.0721 e. The van der Waals surface area contributed by atoms with Crippen LogP contribution < -0.4 is 11.1 Å². The minimum Gasteiger partial charge on any atom is -0.399 e. The Balaban J connectivity index is 1.76. The molecule has 3 nitrogen and oxygen atoms in total. The van der Waals surface area contributed by atoms with Gasteiger partial charge in [0.2, 0.25) is 0 Å². The zero-order valence-corrected chi connectivity index (χ0v) is 12.4. The molecule has 0 aromatic heterocycles. The first-order valence-corrected chi connectivity index (χ1v) is 7.52. The maximum absolute atomic E-state index is 6.09. The van der Waals surface area contributed by atoms with Crippen LogP contribution in [-0.2, 0) is 4.74 Å². The van der Waals surface area contributed by atoms with Crippen molar-refractivity contribution in [3.05, 3.63) is 22.2 Å². The molecule has 1 saturated carbocycles. The largest absolute Gasteiger partial charge is 0.399 e. The normalized spacial score (nSPS) is 16.5. The molecule has 1 aliphatic carbocycles. The van der Waals surface area contributed by atoms with Crippen molar-refractivity contribution in [2.24, 2.45) is 0 Å². The molecular weight excluding hydrogens is 283 g/mol. The summed E-state index contributed by atoms with van der Waals surface area (Å²) in [5.74, 6) is 0. The van der Waals surface area contributed by atoms with E-state index in [0.717, 1.165) is 5.69 Å². The van der Waals surface area contributed by atoms with Crippen LogP contribution >= 0.6 is 23.2 Å². The summed E-state index contributed by atoms with van der Waals surface area (Å²) in [5, 5.41) is 4.29. The van der Waals surface area contributed by atoms with Crippen molar-refractivity contribution in [1.29, 1.82) is 0 Å². The number of hydrogen-bond donors (Lipinski definition) is 2. The second-order valence-electron chi connectivity index (χ2n) is 4.92. The Kier molecular flexibility index (Phi) is 5.61. The Morgan fingerprint density at radius 1 is 1.16 bits per heavy atom. The highest BCUT2D eigenvalue weighted by molar-refractivity contribution is 6.39. The van der Waals surface area contributed by atoms with Crippen molar-refractivity contribution in [3.63, 3.8) is 0 Å². The molecule has 0 aliphatic heterocycles. The molecule has 0 heterocycles. The van der Waals surface area contributed by atoms with Crippen LogP contribution in [0.25, 0.3) is 0 Å². The van der Waals surface area contributed by atoms with E-state index in [4.69, 9.17) is 33.7 Å². The van der Waals surface area contributed by atoms with Gasteiger partial charge in [-0.3, -0.25) is 0 Å². The van der Waals surface area contributed by atoms with E-state index >= 15 is 0 Å². The molecule has 0 bridgehead atoms. The SMILES string of the molecule is Nc1cc(Cl)c(NCCOC2CCCCC2)c(Cl)c1. The van der Waals surface area contributed by atoms with Crippen LogP contribution in [0.1, 0.15) is 32.1 Å². The van der Waals surface area contributed by atoms with Gasteiger partial charge in [-0.25, -0.2) is 0 Å². The number of ether oxygens (including phenoxy) is 1. The van der Waals surface area contributed by atoms with Gasteiger partial charge < -0.3 is 15.8 Å². The van der Waals surface area contributed by atoms with E-state index in [1.54, 1.807) is 12.1 Å². The highest BCUT2D eigenvalue weighted by Gasteiger charge is 2.13. The first kappa shape index (κ1) is 14.8. The molecule has 0 spiro atoms. The molecule has 2 rings (SSSR count). The maximum atomic E-state index is 6.09. The van der Waals surface area contributed by atoms with Crippen molar-refractivity contribution in [2.45, 2.75) is 38.2 Å². The number of nitrogens with two attached hydrogens (primary N) is 1. The van der Waals surface area contributed by atoms with Crippen molar-refractivity contribution in [2.75, 3.05) is 24.2 Å². The van der Waals surface area contributed by atoms with Crippen LogP contribution in [0.2, 0.25) is 10.0 Å². The Morgan fingerprint density at radius 2 is 1.79 bits per heavy atom. The Morgan fingerprint density at radius 3 is 2.42 bits per heavy atom. The highest BCUT2D eigenvalue weighted by Crippen LogP contribution is 2.32. The molecule has 0 saturated heterocycles. The van der Waals surface area contributed by atoms with Gasteiger partial charge in [0.1, 0.15) is 0 Å². The van der Waals surface area contributed by atoms with Crippen LogP contribution in [0.3, 0.4) is 0 Å². The average molecular weight is 303 g/mol. The van der Waals surface area contributed by atoms with Gasteiger partial charge in [-0.15, -0.1) is 0 Å². The van der Waals surface area contributed by atoms with Crippen LogP contribution in [0, 0.1) is 0 Å². The molecule has 1 aliphatic rings. The summed E-state index contributed by atoms with van der Waals surface area (Å²) in [6, 6.07) is 3.38. The number of benzene rings is 1. The number of anilines is 2. The summed E-state index contributed by atoms with van der Waals surface area (Å²) in [7, 11) is 0. The zero-order valence-electron chi connectivity index (χ0n) is 10.9. The predicted octanol–water partition coefficient (Wildman–Crippen LogP) is 4.34. The fourth-order valence-electron chi connectivity index (χ4n) is 2.40. The Bertz CT molecular complexity index is 397. The van der Waals surface area contributed by atoms with E-state index in [1.807, 2.05) is 0 Å². The topological polar surface area (TPSA) is 47.3 Å². The average Bonchev–Trinajstić information content (AvgIpc) is 2.38. The molecule has 1 aromatic rings. The Labute approximate surface area is 124 Å².